The third-order valence-corrected chi connectivity index (χ3v) is 5.14. The van der Waals surface area contributed by atoms with Crippen molar-refractivity contribution in [2.24, 2.45) is 5.92 Å². The van der Waals surface area contributed by atoms with E-state index < -0.39 is 6.10 Å². The van der Waals surface area contributed by atoms with Gasteiger partial charge in [0.05, 0.1) is 49.3 Å². The number of epoxide rings is 2. The van der Waals surface area contributed by atoms with Gasteiger partial charge in [-0.2, -0.15) is 0 Å². The Kier molecular flexibility index (Phi) is 3.57. The molecule has 2 aliphatic heterocycles. The summed E-state index contributed by atoms with van der Waals surface area (Å²) < 4.78 is 22.5. The Morgan fingerprint density at radius 3 is 2.85 bits per heavy atom. The fourth-order valence-corrected chi connectivity index (χ4v) is 3.94. The third-order valence-electron chi connectivity index (χ3n) is 5.14. The van der Waals surface area contributed by atoms with Gasteiger partial charge in [-0.15, -0.1) is 0 Å². The zero-order valence-electron chi connectivity index (χ0n) is 12.2. The molecule has 2 saturated heterocycles. The van der Waals surface area contributed by atoms with Crippen molar-refractivity contribution in [3.05, 3.63) is 12.8 Å². The molecular weight excluding hydrogens is 260 g/mol. The molecule has 0 aromatic heterocycles. The molecule has 1 N–H and O–H groups in total. The second kappa shape index (κ2) is 4.98. The summed E-state index contributed by atoms with van der Waals surface area (Å²) >= 11 is 0. The van der Waals surface area contributed by atoms with Crippen LogP contribution in [0, 0.1) is 5.92 Å². The number of methoxy groups -OCH3 is 1. The lowest BCUT2D eigenvalue weighted by molar-refractivity contribution is -0.116. The van der Waals surface area contributed by atoms with Crippen LogP contribution in [0.4, 0.5) is 0 Å². The average molecular weight is 284 g/mol. The minimum atomic E-state index is -0.439. The highest BCUT2D eigenvalue weighted by atomic mass is 16.6. The zero-order chi connectivity index (χ0) is 14.4. The summed E-state index contributed by atoms with van der Waals surface area (Å²) in [6, 6.07) is 0. The van der Waals surface area contributed by atoms with E-state index in [-0.39, 0.29) is 29.3 Å². The van der Waals surface area contributed by atoms with E-state index in [4.69, 9.17) is 18.9 Å². The molecule has 1 aliphatic carbocycles. The summed E-state index contributed by atoms with van der Waals surface area (Å²) in [6.07, 6.45) is 3.36. The number of ether oxygens (including phenoxy) is 4. The second-order valence-electron chi connectivity index (χ2n) is 6.25. The zero-order valence-corrected chi connectivity index (χ0v) is 12.2. The smallest absolute Gasteiger partial charge is 0.100 e. The lowest BCUT2D eigenvalue weighted by Gasteiger charge is -2.41. The van der Waals surface area contributed by atoms with Crippen molar-refractivity contribution in [3.8, 4) is 0 Å². The van der Waals surface area contributed by atoms with Gasteiger partial charge in [0.1, 0.15) is 5.60 Å². The summed E-state index contributed by atoms with van der Waals surface area (Å²) in [6.45, 7) is 6.99. The van der Waals surface area contributed by atoms with Crippen LogP contribution in [0.25, 0.3) is 0 Å². The van der Waals surface area contributed by atoms with E-state index in [1.165, 1.54) is 6.26 Å². The van der Waals surface area contributed by atoms with Crippen LogP contribution < -0.4 is 0 Å². The van der Waals surface area contributed by atoms with Crippen LogP contribution in [0.3, 0.4) is 0 Å². The first-order valence-corrected chi connectivity index (χ1v) is 7.32. The second-order valence-corrected chi connectivity index (χ2v) is 6.25. The molecule has 1 saturated carbocycles. The fourth-order valence-electron chi connectivity index (χ4n) is 3.94. The van der Waals surface area contributed by atoms with E-state index in [1.54, 1.807) is 7.11 Å². The minimum Gasteiger partial charge on any atom is -0.502 e. The van der Waals surface area contributed by atoms with Crippen molar-refractivity contribution in [1.29, 1.82) is 0 Å². The molecule has 0 aromatic rings. The Labute approximate surface area is 119 Å². The van der Waals surface area contributed by atoms with Crippen molar-refractivity contribution in [1.82, 2.24) is 0 Å². The first-order valence-electron chi connectivity index (χ1n) is 7.32. The molecule has 3 aliphatic rings. The lowest BCUT2D eigenvalue weighted by atomic mass is 9.68. The average Bonchev–Trinajstić information content (AvgIpc) is 3.33. The van der Waals surface area contributed by atoms with Gasteiger partial charge in [-0.3, -0.25) is 0 Å². The summed E-state index contributed by atoms with van der Waals surface area (Å²) in [5.74, 6) is 0.0810. The summed E-state index contributed by atoms with van der Waals surface area (Å²) in [4.78, 5) is 0. The maximum absolute atomic E-state index is 10.2. The molecule has 3 rings (SSSR count). The molecule has 5 heteroatoms. The Bertz CT molecular complexity index is 380. The SMILES string of the molecule is C=COCC[C@H]1O[C@@]1(C)[C@H]1[C@H](OC)[C@H](O)CC[C@]12CO2. The highest BCUT2D eigenvalue weighted by Gasteiger charge is 2.71. The van der Waals surface area contributed by atoms with Crippen LogP contribution in [0.15, 0.2) is 12.8 Å². The van der Waals surface area contributed by atoms with E-state index in [9.17, 15) is 5.11 Å². The Morgan fingerprint density at radius 2 is 2.25 bits per heavy atom. The van der Waals surface area contributed by atoms with E-state index in [0.29, 0.717) is 6.61 Å². The van der Waals surface area contributed by atoms with Gasteiger partial charge >= 0.3 is 0 Å². The first kappa shape index (κ1) is 14.3. The van der Waals surface area contributed by atoms with Crippen LogP contribution in [-0.4, -0.2) is 54.9 Å². The topological polar surface area (TPSA) is 63.8 Å². The quantitative estimate of drug-likeness (QED) is 0.452. The van der Waals surface area contributed by atoms with Gasteiger partial charge in [0, 0.05) is 13.5 Å². The summed E-state index contributed by atoms with van der Waals surface area (Å²) in [5.41, 5.74) is -0.439. The highest BCUT2D eigenvalue weighted by molar-refractivity contribution is 5.19. The molecule has 5 nitrogen and oxygen atoms in total. The van der Waals surface area contributed by atoms with Gasteiger partial charge in [-0.25, -0.2) is 0 Å². The van der Waals surface area contributed by atoms with E-state index in [1.807, 2.05) is 0 Å². The maximum Gasteiger partial charge on any atom is 0.100 e. The predicted octanol–water partition coefficient (Wildman–Crippen LogP) is 1.25. The molecule has 6 atom stereocenters. The molecule has 0 radical (unpaired) electrons. The minimum absolute atomic E-state index is 0.0810. The molecule has 0 amide bonds. The van der Waals surface area contributed by atoms with Crippen LogP contribution >= 0.6 is 0 Å². The normalized spacial score (nSPS) is 50.0. The molecule has 0 bridgehead atoms. The van der Waals surface area contributed by atoms with Gasteiger partial charge < -0.3 is 24.1 Å². The molecule has 3 fully saturated rings. The first-order chi connectivity index (χ1) is 9.57. The number of rotatable bonds is 6. The summed E-state index contributed by atoms with van der Waals surface area (Å²) in [7, 11) is 1.66. The maximum atomic E-state index is 10.2. The van der Waals surface area contributed by atoms with Crippen molar-refractivity contribution in [2.75, 3.05) is 20.3 Å². The lowest BCUT2D eigenvalue weighted by Crippen LogP contribution is -2.54. The molecule has 2 heterocycles. The Hall–Kier alpha value is -0.620. The summed E-state index contributed by atoms with van der Waals surface area (Å²) in [5, 5.41) is 10.2. The van der Waals surface area contributed by atoms with Crippen LogP contribution in [0.5, 0.6) is 0 Å². The van der Waals surface area contributed by atoms with Gasteiger partial charge in [-0.1, -0.05) is 6.58 Å². The monoisotopic (exact) mass is 284 g/mol. The number of aliphatic hydroxyl groups excluding tert-OH is 1. The van der Waals surface area contributed by atoms with Crippen LogP contribution in [-0.2, 0) is 18.9 Å². The molecule has 0 unspecified atom stereocenters. The van der Waals surface area contributed by atoms with Gasteiger partial charge in [0.2, 0.25) is 0 Å². The fraction of sp³-hybridized carbons (Fsp3) is 0.867. The van der Waals surface area contributed by atoms with Crippen molar-refractivity contribution in [3.63, 3.8) is 0 Å². The van der Waals surface area contributed by atoms with Crippen molar-refractivity contribution < 1.29 is 24.1 Å². The van der Waals surface area contributed by atoms with E-state index in [0.717, 1.165) is 25.9 Å². The molecular formula is C15H24O5. The molecule has 0 aromatic carbocycles. The Morgan fingerprint density at radius 1 is 1.50 bits per heavy atom. The highest BCUT2D eigenvalue weighted by Crippen LogP contribution is 2.59. The predicted molar refractivity (Wildman–Crippen MR) is 72.3 cm³/mol. The van der Waals surface area contributed by atoms with E-state index >= 15 is 0 Å². The van der Waals surface area contributed by atoms with Crippen LogP contribution in [0.2, 0.25) is 0 Å². The van der Waals surface area contributed by atoms with Crippen LogP contribution in [0.1, 0.15) is 26.2 Å². The van der Waals surface area contributed by atoms with Crippen molar-refractivity contribution in [2.45, 2.75) is 55.7 Å². The van der Waals surface area contributed by atoms with Gasteiger partial charge in [0.25, 0.3) is 0 Å². The van der Waals surface area contributed by atoms with Gasteiger partial charge in [0.15, 0.2) is 0 Å². The largest absolute Gasteiger partial charge is 0.502 e. The third kappa shape index (κ3) is 2.17. The number of hydrogen-bond donors (Lipinski definition) is 1. The molecule has 20 heavy (non-hydrogen) atoms. The van der Waals surface area contributed by atoms with E-state index in [2.05, 4.69) is 13.5 Å². The van der Waals surface area contributed by atoms with Gasteiger partial charge in [-0.05, 0) is 19.8 Å². The molecule has 114 valence electrons. The Balaban J connectivity index is 1.71. The van der Waals surface area contributed by atoms with Crippen molar-refractivity contribution >= 4 is 0 Å². The number of hydrogen-bond acceptors (Lipinski definition) is 5. The number of aliphatic hydroxyl groups is 1. The molecule has 1 spiro atoms. The standard InChI is InChI=1S/C15H24O5/c1-4-18-8-6-11-14(2,20-11)13-12(17-3)10(16)5-7-15(13)9-19-15/h4,10-13,16H,1,5-9H2,2-3H3/t10-,11-,12-,13-,14-,15+/m1/s1.